The Kier molecular flexibility index (Phi) is 6.98. The second-order valence-electron chi connectivity index (χ2n) is 4.48. The van der Waals surface area contributed by atoms with Gasteiger partial charge in [0, 0.05) is 18.4 Å². The lowest BCUT2D eigenvalue weighted by molar-refractivity contribution is -0.140. The number of thioether (sulfide) groups is 1. The van der Waals surface area contributed by atoms with Crippen LogP contribution < -0.4 is 5.32 Å². The van der Waals surface area contributed by atoms with Crippen LogP contribution in [-0.4, -0.2) is 39.6 Å². The molecule has 114 valence electrons. The molecule has 2 atom stereocenters. The summed E-state index contributed by atoms with van der Waals surface area (Å²) in [5.41, 5.74) is 1.61. The molecule has 0 aromatic heterocycles. The van der Waals surface area contributed by atoms with Crippen LogP contribution in [-0.2, 0) is 9.59 Å². The molecule has 0 bridgehead atoms. The summed E-state index contributed by atoms with van der Waals surface area (Å²) >= 11 is 1.27. The zero-order chi connectivity index (χ0) is 15.8. The van der Waals surface area contributed by atoms with Crippen LogP contribution in [0.5, 0.6) is 0 Å². The van der Waals surface area contributed by atoms with Gasteiger partial charge in [0.25, 0.3) is 0 Å². The summed E-state index contributed by atoms with van der Waals surface area (Å²) in [4.78, 5) is 21.9. The first-order chi connectivity index (χ1) is 9.95. The first-order valence-corrected chi connectivity index (χ1v) is 7.58. The van der Waals surface area contributed by atoms with E-state index in [0.717, 1.165) is 11.1 Å². The molecule has 3 N–H and O–H groups in total. The number of carboxylic acid groups (broad SMARTS) is 1. The minimum Gasteiger partial charge on any atom is -0.480 e. The monoisotopic (exact) mass is 309 g/mol. The number of carboxylic acids is 1. The highest BCUT2D eigenvalue weighted by atomic mass is 32.2. The second-order valence-corrected chi connectivity index (χ2v) is 5.55. The molecule has 0 saturated heterocycles. The Morgan fingerprint density at radius 1 is 1.38 bits per heavy atom. The number of aliphatic hydroxyl groups is 1. The average Bonchev–Trinajstić information content (AvgIpc) is 2.45. The van der Waals surface area contributed by atoms with Crippen molar-refractivity contribution in [2.45, 2.75) is 19.1 Å². The van der Waals surface area contributed by atoms with Crippen molar-refractivity contribution in [1.82, 2.24) is 5.32 Å². The molecule has 0 saturated carbocycles. The summed E-state index contributed by atoms with van der Waals surface area (Å²) < 4.78 is 0. The summed E-state index contributed by atoms with van der Waals surface area (Å²) in [6.07, 6.45) is 0.955. The van der Waals surface area contributed by atoms with E-state index in [1.54, 1.807) is 6.08 Å². The first kappa shape index (κ1) is 17.3. The highest BCUT2D eigenvalue weighted by molar-refractivity contribution is 7.99. The molecule has 0 radical (unpaired) electrons. The first-order valence-electron chi connectivity index (χ1n) is 6.42. The third-order valence-corrected chi connectivity index (χ3v) is 3.93. The number of benzene rings is 1. The molecular formula is C15H19NO4S. The molecule has 1 amide bonds. The highest BCUT2D eigenvalue weighted by Gasteiger charge is 2.19. The van der Waals surface area contributed by atoms with Gasteiger partial charge in [-0.25, -0.2) is 4.79 Å². The molecule has 0 aliphatic heterocycles. The van der Waals surface area contributed by atoms with E-state index in [1.807, 2.05) is 24.3 Å². The van der Waals surface area contributed by atoms with E-state index < -0.39 is 18.1 Å². The normalized spacial score (nSPS) is 13.2. The third kappa shape index (κ3) is 5.61. The van der Waals surface area contributed by atoms with Crippen LogP contribution in [0.25, 0.3) is 6.08 Å². The summed E-state index contributed by atoms with van der Waals surface area (Å²) in [7, 11) is 0. The van der Waals surface area contributed by atoms with Crippen LogP contribution in [0.1, 0.15) is 24.2 Å². The second kappa shape index (κ2) is 8.49. The summed E-state index contributed by atoms with van der Waals surface area (Å²) in [5, 5.41) is 21.5. The molecule has 6 heteroatoms. The molecule has 0 fully saturated rings. The van der Waals surface area contributed by atoms with Gasteiger partial charge in [0.2, 0.25) is 5.91 Å². The number of aliphatic hydroxyl groups excluding tert-OH is 1. The van der Waals surface area contributed by atoms with Gasteiger partial charge >= 0.3 is 5.97 Å². The van der Waals surface area contributed by atoms with Crippen LogP contribution in [0.2, 0.25) is 0 Å². The molecule has 0 heterocycles. The van der Waals surface area contributed by atoms with Crippen molar-refractivity contribution in [1.29, 1.82) is 0 Å². The van der Waals surface area contributed by atoms with Gasteiger partial charge in [-0.3, -0.25) is 4.79 Å². The lowest BCUT2D eigenvalue weighted by Gasteiger charge is -2.16. The predicted molar refractivity (Wildman–Crippen MR) is 84.1 cm³/mol. The fraction of sp³-hybridized carbons (Fsp3) is 0.333. The maximum Gasteiger partial charge on any atom is 0.327 e. The summed E-state index contributed by atoms with van der Waals surface area (Å²) in [5.74, 6) is -0.935. The third-order valence-electron chi connectivity index (χ3n) is 2.81. The Hall–Kier alpha value is -1.79. The van der Waals surface area contributed by atoms with Crippen LogP contribution in [0.4, 0.5) is 0 Å². The summed E-state index contributed by atoms with van der Waals surface area (Å²) in [6, 6.07) is 6.40. The fourth-order valence-corrected chi connectivity index (χ4v) is 2.81. The number of hydrogen-bond acceptors (Lipinski definition) is 4. The van der Waals surface area contributed by atoms with Crippen molar-refractivity contribution in [3.63, 3.8) is 0 Å². The van der Waals surface area contributed by atoms with Gasteiger partial charge in [0.15, 0.2) is 0 Å². The van der Waals surface area contributed by atoms with Crippen molar-refractivity contribution >= 4 is 29.7 Å². The van der Waals surface area contributed by atoms with Crippen LogP contribution in [0.3, 0.4) is 0 Å². The number of aliphatic carboxylic acids is 1. The Bertz CT molecular complexity index is 518. The molecule has 0 aliphatic carbocycles. The number of amides is 1. The minimum atomic E-state index is -1.08. The maximum atomic E-state index is 11.0. The SMILES string of the molecule is C=Cc1ccccc1C(O)CSC[C@H](NC(C)=O)C(=O)O. The van der Waals surface area contributed by atoms with Gasteiger partial charge < -0.3 is 15.5 Å². The van der Waals surface area contributed by atoms with Crippen molar-refractivity contribution in [2.24, 2.45) is 0 Å². The largest absolute Gasteiger partial charge is 0.480 e. The van der Waals surface area contributed by atoms with Crippen molar-refractivity contribution < 1.29 is 19.8 Å². The van der Waals surface area contributed by atoms with Crippen molar-refractivity contribution in [3.05, 3.63) is 42.0 Å². The van der Waals surface area contributed by atoms with Gasteiger partial charge in [-0.2, -0.15) is 11.8 Å². The molecular weight excluding hydrogens is 290 g/mol. The van der Waals surface area contributed by atoms with E-state index in [1.165, 1.54) is 18.7 Å². The molecule has 21 heavy (non-hydrogen) atoms. The number of hydrogen-bond donors (Lipinski definition) is 3. The number of carbonyl (C=O) groups excluding carboxylic acids is 1. The molecule has 1 unspecified atom stereocenters. The number of nitrogens with one attached hydrogen (secondary N) is 1. The number of carbonyl (C=O) groups is 2. The van der Waals surface area contributed by atoms with Crippen LogP contribution in [0.15, 0.2) is 30.8 Å². The zero-order valence-electron chi connectivity index (χ0n) is 11.8. The highest BCUT2D eigenvalue weighted by Crippen LogP contribution is 2.23. The molecule has 0 aliphatic rings. The molecule has 0 spiro atoms. The van der Waals surface area contributed by atoms with Gasteiger partial charge in [-0.15, -0.1) is 0 Å². The smallest absolute Gasteiger partial charge is 0.327 e. The van der Waals surface area contributed by atoms with Crippen LogP contribution in [0, 0.1) is 0 Å². The van der Waals surface area contributed by atoms with Gasteiger partial charge in [0.1, 0.15) is 6.04 Å². The van der Waals surface area contributed by atoms with E-state index in [2.05, 4.69) is 11.9 Å². The Morgan fingerprint density at radius 3 is 2.62 bits per heavy atom. The van der Waals surface area contributed by atoms with Crippen molar-refractivity contribution in [2.75, 3.05) is 11.5 Å². The molecule has 1 aromatic carbocycles. The van der Waals surface area contributed by atoms with Gasteiger partial charge in [0.05, 0.1) is 6.10 Å². The van der Waals surface area contributed by atoms with E-state index in [9.17, 15) is 14.7 Å². The van der Waals surface area contributed by atoms with Crippen LogP contribution >= 0.6 is 11.8 Å². The maximum absolute atomic E-state index is 11.0. The Morgan fingerprint density at radius 2 is 2.05 bits per heavy atom. The molecule has 1 aromatic rings. The van der Waals surface area contributed by atoms with E-state index in [4.69, 9.17) is 5.11 Å². The van der Waals surface area contributed by atoms with Gasteiger partial charge in [-0.05, 0) is 11.1 Å². The van der Waals surface area contributed by atoms with Crippen molar-refractivity contribution in [3.8, 4) is 0 Å². The number of rotatable bonds is 8. The molecule has 1 rings (SSSR count). The van der Waals surface area contributed by atoms with E-state index >= 15 is 0 Å². The Balaban J connectivity index is 2.56. The zero-order valence-corrected chi connectivity index (χ0v) is 12.6. The summed E-state index contributed by atoms with van der Waals surface area (Å²) in [6.45, 7) is 4.97. The predicted octanol–water partition coefficient (Wildman–Crippen LogP) is 1.69. The molecule has 5 nitrogen and oxygen atoms in total. The van der Waals surface area contributed by atoms with E-state index in [-0.39, 0.29) is 11.7 Å². The Labute approximate surface area is 128 Å². The lowest BCUT2D eigenvalue weighted by atomic mass is 10.0. The van der Waals surface area contributed by atoms with Gasteiger partial charge in [-0.1, -0.05) is 36.9 Å². The van der Waals surface area contributed by atoms with E-state index in [0.29, 0.717) is 5.75 Å². The standard InChI is InChI=1S/C15H19NO4S/c1-3-11-6-4-5-7-12(11)14(18)9-21-8-13(15(19)20)16-10(2)17/h3-7,13-14,18H,1,8-9H2,2H3,(H,16,17)(H,19,20)/t13-,14?/m0/s1. The fourth-order valence-electron chi connectivity index (χ4n) is 1.81. The quantitative estimate of drug-likeness (QED) is 0.680. The lowest BCUT2D eigenvalue weighted by Crippen LogP contribution is -2.41. The average molecular weight is 309 g/mol. The minimum absolute atomic E-state index is 0.197. The topological polar surface area (TPSA) is 86.6 Å².